The Balaban J connectivity index is 2.15. The van der Waals surface area contributed by atoms with Crippen molar-refractivity contribution in [2.45, 2.75) is 20.3 Å². The molecule has 0 saturated heterocycles. The molecule has 0 saturated carbocycles. The van der Waals surface area contributed by atoms with Crippen molar-refractivity contribution >= 4 is 16.9 Å². The van der Waals surface area contributed by atoms with E-state index >= 15 is 0 Å². The number of nitrogens with one attached hydrogen (secondary N) is 1. The maximum Gasteiger partial charge on any atom is 0.226 e. The van der Waals surface area contributed by atoms with E-state index in [2.05, 4.69) is 10.5 Å². The number of hydrogen-bond acceptors (Lipinski definition) is 4. The highest BCUT2D eigenvalue weighted by molar-refractivity contribution is 5.88. The SMILES string of the molecule is COCCNC(=O)Cc1noc2c(C)cc(C)cc12. The van der Waals surface area contributed by atoms with Gasteiger partial charge < -0.3 is 14.6 Å². The van der Waals surface area contributed by atoms with Gasteiger partial charge in [-0.2, -0.15) is 0 Å². The lowest BCUT2D eigenvalue weighted by Crippen LogP contribution is -2.28. The highest BCUT2D eigenvalue weighted by Crippen LogP contribution is 2.23. The standard InChI is InChI=1S/C14H18N2O3/c1-9-6-10(2)14-11(7-9)12(16-19-14)8-13(17)15-4-5-18-3/h6-7H,4-5,8H2,1-3H3,(H,15,17). The van der Waals surface area contributed by atoms with E-state index in [9.17, 15) is 4.79 Å². The molecule has 5 nitrogen and oxygen atoms in total. The summed E-state index contributed by atoms with van der Waals surface area (Å²) >= 11 is 0. The van der Waals surface area contributed by atoms with Crippen molar-refractivity contribution in [1.29, 1.82) is 0 Å². The molecule has 0 aliphatic carbocycles. The number of carbonyl (C=O) groups is 1. The van der Waals surface area contributed by atoms with Crippen LogP contribution in [-0.4, -0.2) is 31.3 Å². The Morgan fingerprint density at radius 2 is 2.21 bits per heavy atom. The van der Waals surface area contributed by atoms with Crippen molar-refractivity contribution in [3.63, 3.8) is 0 Å². The topological polar surface area (TPSA) is 64.4 Å². The largest absolute Gasteiger partial charge is 0.383 e. The second-order valence-electron chi connectivity index (χ2n) is 4.61. The van der Waals surface area contributed by atoms with Gasteiger partial charge in [-0.25, -0.2) is 0 Å². The van der Waals surface area contributed by atoms with Crippen molar-refractivity contribution in [2.75, 3.05) is 20.3 Å². The molecule has 2 rings (SSSR count). The van der Waals surface area contributed by atoms with Gasteiger partial charge in [-0.1, -0.05) is 11.2 Å². The number of aromatic nitrogens is 1. The van der Waals surface area contributed by atoms with Crippen molar-refractivity contribution in [3.8, 4) is 0 Å². The molecule has 0 spiro atoms. The Hall–Kier alpha value is -1.88. The molecule has 0 atom stereocenters. The van der Waals surface area contributed by atoms with Crippen LogP contribution in [0.25, 0.3) is 11.0 Å². The average Bonchev–Trinajstić information content (AvgIpc) is 2.73. The van der Waals surface area contributed by atoms with Crippen LogP contribution >= 0.6 is 0 Å². The van der Waals surface area contributed by atoms with Gasteiger partial charge in [0.15, 0.2) is 5.58 Å². The van der Waals surface area contributed by atoms with Gasteiger partial charge in [0.05, 0.1) is 13.0 Å². The van der Waals surface area contributed by atoms with Crippen LogP contribution in [0.1, 0.15) is 16.8 Å². The van der Waals surface area contributed by atoms with Gasteiger partial charge in [-0.05, 0) is 31.0 Å². The quantitative estimate of drug-likeness (QED) is 0.834. The molecule has 0 bridgehead atoms. The molecule has 0 aliphatic heterocycles. The molecule has 1 aromatic carbocycles. The Kier molecular flexibility index (Phi) is 4.16. The molecule has 5 heteroatoms. The van der Waals surface area contributed by atoms with Gasteiger partial charge in [-0.3, -0.25) is 4.79 Å². The molecular weight excluding hydrogens is 244 g/mol. The maximum absolute atomic E-state index is 11.8. The lowest BCUT2D eigenvalue weighted by molar-refractivity contribution is -0.120. The van der Waals surface area contributed by atoms with Crippen LogP contribution in [-0.2, 0) is 16.0 Å². The molecular formula is C14H18N2O3. The fourth-order valence-electron chi connectivity index (χ4n) is 2.07. The Labute approximate surface area is 111 Å². The Bertz CT molecular complexity index is 590. The van der Waals surface area contributed by atoms with E-state index in [-0.39, 0.29) is 12.3 Å². The predicted octanol–water partition coefficient (Wildman–Crippen LogP) is 1.75. The third-order valence-corrected chi connectivity index (χ3v) is 2.93. The van der Waals surface area contributed by atoms with Crippen molar-refractivity contribution < 1.29 is 14.1 Å². The van der Waals surface area contributed by atoms with Crippen molar-refractivity contribution in [1.82, 2.24) is 10.5 Å². The maximum atomic E-state index is 11.8. The number of ether oxygens (including phenoxy) is 1. The first kappa shape index (κ1) is 13.5. The zero-order valence-electron chi connectivity index (χ0n) is 11.4. The Morgan fingerprint density at radius 1 is 1.42 bits per heavy atom. The van der Waals surface area contributed by atoms with E-state index in [1.165, 1.54) is 0 Å². The van der Waals surface area contributed by atoms with Crippen LogP contribution in [0, 0.1) is 13.8 Å². The summed E-state index contributed by atoms with van der Waals surface area (Å²) in [7, 11) is 1.60. The van der Waals surface area contributed by atoms with Crippen LogP contribution in [0.2, 0.25) is 0 Å². The monoisotopic (exact) mass is 262 g/mol. The van der Waals surface area contributed by atoms with E-state index in [1.54, 1.807) is 7.11 Å². The summed E-state index contributed by atoms with van der Waals surface area (Å²) in [5.74, 6) is -0.0774. The normalized spacial score (nSPS) is 10.9. The van der Waals surface area contributed by atoms with E-state index in [1.807, 2.05) is 26.0 Å². The number of carbonyl (C=O) groups excluding carboxylic acids is 1. The third-order valence-electron chi connectivity index (χ3n) is 2.93. The first-order valence-corrected chi connectivity index (χ1v) is 6.23. The second kappa shape index (κ2) is 5.84. The Morgan fingerprint density at radius 3 is 2.95 bits per heavy atom. The number of benzene rings is 1. The van der Waals surface area contributed by atoms with Crippen LogP contribution in [0.4, 0.5) is 0 Å². The number of fused-ring (bicyclic) bond motifs is 1. The van der Waals surface area contributed by atoms with Crippen LogP contribution in [0.3, 0.4) is 0 Å². The molecule has 1 heterocycles. The summed E-state index contributed by atoms with van der Waals surface area (Å²) in [5, 5.41) is 7.68. The number of amides is 1. The molecule has 102 valence electrons. The minimum absolute atomic E-state index is 0.0774. The van der Waals surface area contributed by atoms with Gasteiger partial charge in [-0.15, -0.1) is 0 Å². The molecule has 0 radical (unpaired) electrons. The lowest BCUT2D eigenvalue weighted by Gasteiger charge is -2.03. The van der Waals surface area contributed by atoms with E-state index in [4.69, 9.17) is 9.26 Å². The number of hydrogen-bond donors (Lipinski definition) is 1. The van der Waals surface area contributed by atoms with Crippen molar-refractivity contribution in [2.24, 2.45) is 0 Å². The lowest BCUT2D eigenvalue weighted by atomic mass is 10.1. The van der Waals surface area contributed by atoms with Gasteiger partial charge in [0, 0.05) is 19.0 Å². The summed E-state index contributed by atoms with van der Waals surface area (Å²) in [6, 6.07) is 4.03. The third kappa shape index (κ3) is 3.12. The van der Waals surface area contributed by atoms with Gasteiger partial charge in [0.25, 0.3) is 0 Å². The summed E-state index contributed by atoms with van der Waals surface area (Å²) in [6.07, 6.45) is 0.222. The average molecular weight is 262 g/mol. The van der Waals surface area contributed by atoms with E-state index < -0.39 is 0 Å². The van der Waals surface area contributed by atoms with Crippen LogP contribution < -0.4 is 5.32 Å². The summed E-state index contributed by atoms with van der Waals surface area (Å²) < 4.78 is 10.2. The van der Waals surface area contributed by atoms with Crippen molar-refractivity contribution in [3.05, 3.63) is 29.0 Å². The van der Waals surface area contributed by atoms with Gasteiger partial charge in [0.1, 0.15) is 5.69 Å². The minimum Gasteiger partial charge on any atom is -0.383 e. The second-order valence-corrected chi connectivity index (χ2v) is 4.61. The fourth-order valence-corrected chi connectivity index (χ4v) is 2.07. The first-order valence-electron chi connectivity index (χ1n) is 6.23. The van der Waals surface area contributed by atoms with E-state index in [0.29, 0.717) is 18.8 Å². The summed E-state index contributed by atoms with van der Waals surface area (Å²) in [6.45, 7) is 5.00. The highest BCUT2D eigenvalue weighted by Gasteiger charge is 2.14. The number of rotatable bonds is 5. The molecule has 19 heavy (non-hydrogen) atoms. The molecule has 0 fully saturated rings. The number of nitrogens with zero attached hydrogens (tertiary/aromatic N) is 1. The zero-order valence-corrected chi connectivity index (χ0v) is 11.4. The van der Waals surface area contributed by atoms with Gasteiger partial charge in [0.2, 0.25) is 5.91 Å². The molecule has 1 aromatic heterocycles. The number of aryl methyl sites for hydroxylation is 2. The minimum atomic E-state index is -0.0774. The van der Waals surface area contributed by atoms with E-state index in [0.717, 1.165) is 22.1 Å². The fraction of sp³-hybridized carbons (Fsp3) is 0.429. The first-order chi connectivity index (χ1) is 9.11. The molecule has 2 aromatic rings. The van der Waals surface area contributed by atoms with Crippen LogP contribution in [0.15, 0.2) is 16.7 Å². The predicted molar refractivity (Wildman–Crippen MR) is 72.1 cm³/mol. The number of methoxy groups -OCH3 is 1. The van der Waals surface area contributed by atoms with Crippen LogP contribution in [0.5, 0.6) is 0 Å². The smallest absolute Gasteiger partial charge is 0.226 e. The summed E-state index contributed by atoms with van der Waals surface area (Å²) in [4.78, 5) is 11.8. The molecule has 1 N–H and O–H groups in total. The molecule has 0 unspecified atom stereocenters. The zero-order chi connectivity index (χ0) is 13.8. The molecule has 1 amide bonds. The summed E-state index contributed by atoms with van der Waals surface area (Å²) in [5.41, 5.74) is 3.60. The highest BCUT2D eigenvalue weighted by atomic mass is 16.5. The molecule has 0 aliphatic rings. The van der Waals surface area contributed by atoms with Gasteiger partial charge >= 0.3 is 0 Å².